The van der Waals surface area contributed by atoms with Gasteiger partial charge in [-0.25, -0.2) is 4.98 Å². The summed E-state index contributed by atoms with van der Waals surface area (Å²) in [6, 6.07) is 1.87. The van der Waals surface area contributed by atoms with E-state index >= 15 is 0 Å². The van der Waals surface area contributed by atoms with E-state index in [-0.39, 0.29) is 0 Å². The molecule has 0 saturated carbocycles. The number of nitrogens with zero attached hydrogens (tertiary/aromatic N) is 1. The highest BCUT2D eigenvalue weighted by Crippen LogP contribution is 2.25. The van der Waals surface area contributed by atoms with Crippen LogP contribution in [-0.2, 0) is 6.54 Å². The number of nitrogens with two attached hydrogens (primary N) is 1. The monoisotopic (exact) mass is 192 g/mol. The Hall–Kier alpha value is -1.55. The first-order chi connectivity index (χ1) is 6.72. The van der Waals surface area contributed by atoms with Crippen LogP contribution in [0.25, 0.3) is 11.7 Å². The van der Waals surface area contributed by atoms with Crippen molar-refractivity contribution in [2.45, 2.75) is 20.4 Å². The molecule has 2 aromatic rings. The average molecular weight is 192 g/mol. The normalized spacial score (nSPS) is 10.8. The zero-order valence-electron chi connectivity index (χ0n) is 8.20. The molecule has 0 aromatic carbocycles. The minimum atomic E-state index is 0.384. The third-order valence-electron chi connectivity index (χ3n) is 2.14. The molecule has 2 heterocycles. The molecule has 0 spiro atoms. The summed E-state index contributed by atoms with van der Waals surface area (Å²) in [6.45, 7) is 4.17. The van der Waals surface area contributed by atoms with E-state index in [0.29, 0.717) is 18.2 Å². The quantitative estimate of drug-likeness (QED) is 0.790. The molecule has 0 aliphatic rings. The van der Waals surface area contributed by atoms with Crippen molar-refractivity contribution in [1.29, 1.82) is 0 Å². The minimum absolute atomic E-state index is 0.384. The van der Waals surface area contributed by atoms with E-state index in [9.17, 15) is 0 Å². The summed E-state index contributed by atoms with van der Waals surface area (Å²) in [6.07, 6.45) is 1.62. The highest BCUT2D eigenvalue weighted by Gasteiger charge is 2.14. The fraction of sp³-hybridized carbons (Fsp3) is 0.300. The Labute approximate surface area is 81.7 Å². The van der Waals surface area contributed by atoms with Crippen LogP contribution < -0.4 is 5.73 Å². The third-order valence-corrected chi connectivity index (χ3v) is 2.14. The number of hydrogen-bond donors (Lipinski definition) is 1. The molecule has 0 atom stereocenters. The molecule has 0 bridgehead atoms. The van der Waals surface area contributed by atoms with Gasteiger partial charge in [0.2, 0.25) is 0 Å². The molecule has 74 valence electrons. The van der Waals surface area contributed by atoms with Gasteiger partial charge in [0.1, 0.15) is 5.76 Å². The molecule has 0 radical (unpaired) electrons. The van der Waals surface area contributed by atoms with Crippen LogP contribution in [0.1, 0.15) is 17.0 Å². The Kier molecular flexibility index (Phi) is 2.13. The number of oxazole rings is 1. The topological polar surface area (TPSA) is 65.2 Å². The molecule has 14 heavy (non-hydrogen) atoms. The molecular formula is C10H12N2O2. The van der Waals surface area contributed by atoms with Gasteiger partial charge in [0.25, 0.3) is 5.89 Å². The zero-order chi connectivity index (χ0) is 10.1. The summed E-state index contributed by atoms with van der Waals surface area (Å²) in [7, 11) is 0. The molecule has 0 fully saturated rings. The number of aromatic nitrogens is 1. The summed E-state index contributed by atoms with van der Waals surface area (Å²) >= 11 is 0. The molecule has 4 nitrogen and oxygen atoms in total. The van der Waals surface area contributed by atoms with E-state index in [2.05, 4.69) is 4.98 Å². The second-order valence-electron chi connectivity index (χ2n) is 3.16. The fourth-order valence-corrected chi connectivity index (χ4v) is 1.31. The SMILES string of the molecule is Cc1ccoc1-c1nc(CN)c(C)o1. The van der Waals surface area contributed by atoms with Crippen molar-refractivity contribution in [2.75, 3.05) is 0 Å². The highest BCUT2D eigenvalue weighted by molar-refractivity contribution is 5.50. The number of rotatable bonds is 2. The van der Waals surface area contributed by atoms with Gasteiger partial charge >= 0.3 is 0 Å². The Morgan fingerprint density at radius 3 is 2.71 bits per heavy atom. The lowest BCUT2D eigenvalue weighted by Crippen LogP contribution is -1.97. The van der Waals surface area contributed by atoms with Crippen LogP contribution in [0.4, 0.5) is 0 Å². The van der Waals surface area contributed by atoms with Crippen LogP contribution in [0.5, 0.6) is 0 Å². The first kappa shape index (κ1) is 9.02. The molecule has 2 aromatic heterocycles. The zero-order valence-corrected chi connectivity index (χ0v) is 8.20. The predicted octanol–water partition coefficient (Wildman–Crippen LogP) is 2.01. The lowest BCUT2D eigenvalue weighted by molar-refractivity contribution is 0.498. The molecule has 0 unspecified atom stereocenters. The van der Waals surface area contributed by atoms with Crippen molar-refractivity contribution < 1.29 is 8.83 Å². The van der Waals surface area contributed by atoms with Gasteiger partial charge in [0, 0.05) is 12.1 Å². The Balaban J connectivity index is 2.47. The second kappa shape index (κ2) is 3.31. The Morgan fingerprint density at radius 2 is 2.21 bits per heavy atom. The van der Waals surface area contributed by atoms with Crippen molar-refractivity contribution >= 4 is 0 Å². The summed E-state index contributed by atoms with van der Waals surface area (Å²) in [5.41, 5.74) is 7.29. The van der Waals surface area contributed by atoms with Crippen LogP contribution in [0.3, 0.4) is 0 Å². The minimum Gasteiger partial charge on any atom is -0.459 e. The standard InChI is InChI=1S/C10H12N2O2/c1-6-3-4-13-9(6)10-12-8(5-11)7(2)14-10/h3-4H,5,11H2,1-2H3. The van der Waals surface area contributed by atoms with Gasteiger partial charge in [-0.3, -0.25) is 0 Å². The van der Waals surface area contributed by atoms with Crippen LogP contribution in [0, 0.1) is 13.8 Å². The summed E-state index contributed by atoms with van der Waals surface area (Å²) in [4.78, 5) is 4.25. The number of hydrogen-bond acceptors (Lipinski definition) is 4. The maximum Gasteiger partial charge on any atom is 0.263 e. The molecule has 0 aliphatic heterocycles. The summed E-state index contributed by atoms with van der Waals surface area (Å²) in [5, 5.41) is 0. The summed E-state index contributed by atoms with van der Waals surface area (Å²) < 4.78 is 10.7. The molecule has 2 N–H and O–H groups in total. The van der Waals surface area contributed by atoms with Gasteiger partial charge < -0.3 is 14.6 Å². The van der Waals surface area contributed by atoms with Crippen LogP contribution >= 0.6 is 0 Å². The maximum absolute atomic E-state index is 5.50. The predicted molar refractivity (Wildman–Crippen MR) is 51.6 cm³/mol. The number of aryl methyl sites for hydroxylation is 2. The van der Waals surface area contributed by atoms with Crippen molar-refractivity contribution in [3.05, 3.63) is 29.3 Å². The van der Waals surface area contributed by atoms with Gasteiger partial charge in [-0.15, -0.1) is 0 Å². The van der Waals surface area contributed by atoms with Crippen molar-refractivity contribution in [2.24, 2.45) is 5.73 Å². The van der Waals surface area contributed by atoms with Crippen molar-refractivity contribution in [3.63, 3.8) is 0 Å². The maximum atomic E-state index is 5.50. The highest BCUT2D eigenvalue weighted by atomic mass is 16.4. The molecule has 2 rings (SSSR count). The van der Waals surface area contributed by atoms with E-state index in [0.717, 1.165) is 17.0 Å². The molecule has 4 heteroatoms. The summed E-state index contributed by atoms with van der Waals surface area (Å²) in [5.74, 6) is 1.93. The van der Waals surface area contributed by atoms with Crippen molar-refractivity contribution in [3.8, 4) is 11.7 Å². The largest absolute Gasteiger partial charge is 0.459 e. The first-order valence-corrected chi connectivity index (χ1v) is 4.43. The van der Waals surface area contributed by atoms with E-state index in [4.69, 9.17) is 14.6 Å². The lowest BCUT2D eigenvalue weighted by atomic mass is 10.3. The second-order valence-corrected chi connectivity index (χ2v) is 3.16. The van der Waals surface area contributed by atoms with E-state index < -0.39 is 0 Å². The Bertz CT molecular complexity index is 443. The average Bonchev–Trinajstić information content (AvgIpc) is 2.71. The van der Waals surface area contributed by atoms with Gasteiger partial charge in [0.15, 0.2) is 5.76 Å². The molecule has 0 saturated heterocycles. The molecule has 0 amide bonds. The third kappa shape index (κ3) is 1.33. The smallest absolute Gasteiger partial charge is 0.263 e. The molecular weight excluding hydrogens is 180 g/mol. The molecule has 0 aliphatic carbocycles. The van der Waals surface area contributed by atoms with E-state index in [1.807, 2.05) is 19.9 Å². The van der Waals surface area contributed by atoms with Crippen molar-refractivity contribution in [1.82, 2.24) is 4.98 Å². The van der Waals surface area contributed by atoms with Gasteiger partial charge in [-0.05, 0) is 19.9 Å². The van der Waals surface area contributed by atoms with Crippen LogP contribution in [0.2, 0.25) is 0 Å². The van der Waals surface area contributed by atoms with Crippen LogP contribution in [-0.4, -0.2) is 4.98 Å². The van der Waals surface area contributed by atoms with E-state index in [1.54, 1.807) is 6.26 Å². The van der Waals surface area contributed by atoms with Gasteiger partial charge in [-0.1, -0.05) is 0 Å². The van der Waals surface area contributed by atoms with E-state index in [1.165, 1.54) is 0 Å². The number of furan rings is 1. The lowest BCUT2D eigenvalue weighted by Gasteiger charge is -1.89. The van der Waals surface area contributed by atoms with Crippen LogP contribution in [0.15, 0.2) is 21.2 Å². The van der Waals surface area contributed by atoms with Gasteiger partial charge in [-0.2, -0.15) is 0 Å². The Morgan fingerprint density at radius 1 is 1.43 bits per heavy atom. The van der Waals surface area contributed by atoms with Gasteiger partial charge in [0.05, 0.1) is 12.0 Å². The first-order valence-electron chi connectivity index (χ1n) is 4.43. The fourth-order valence-electron chi connectivity index (χ4n) is 1.31.